The molecule has 1 aliphatic rings. The van der Waals surface area contributed by atoms with Crippen LogP contribution in [0, 0.1) is 11.3 Å². The Kier molecular flexibility index (Phi) is 5.58. The molecular weight excluding hydrogens is 358 g/mol. The van der Waals surface area contributed by atoms with E-state index < -0.39 is 0 Å². The van der Waals surface area contributed by atoms with E-state index in [0.29, 0.717) is 17.7 Å². The number of carbonyl (C=O) groups excluding carboxylic acids is 1. The molecule has 1 aliphatic heterocycles. The zero-order chi connectivity index (χ0) is 20.1. The van der Waals surface area contributed by atoms with Gasteiger partial charge in [-0.3, -0.25) is 4.79 Å². The van der Waals surface area contributed by atoms with Gasteiger partial charge in [0.15, 0.2) is 0 Å². The van der Waals surface area contributed by atoms with Crippen LogP contribution in [-0.2, 0) is 6.54 Å². The Labute approximate surface area is 171 Å². The third-order valence-corrected chi connectivity index (χ3v) is 5.37. The molecule has 29 heavy (non-hydrogen) atoms. The highest BCUT2D eigenvalue weighted by molar-refractivity contribution is 6.01. The molecule has 0 unspecified atom stereocenters. The minimum Gasteiger partial charge on any atom is -0.372 e. The lowest BCUT2D eigenvalue weighted by Gasteiger charge is -2.18. The van der Waals surface area contributed by atoms with Crippen LogP contribution in [0.15, 0.2) is 72.8 Å². The Hall–Kier alpha value is -3.58. The van der Waals surface area contributed by atoms with Gasteiger partial charge in [-0.1, -0.05) is 48.5 Å². The van der Waals surface area contributed by atoms with Crippen molar-refractivity contribution in [3.05, 3.63) is 89.5 Å². The lowest BCUT2D eigenvalue weighted by Crippen LogP contribution is -2.23. The Morgan fingerprint density at radius 1 is 0.897 bits per heavy atom. The van der Waals surface area contributed by atoms with Crippen LogP contribution in [0.5, 0.6) is 0 Å². The quantitative estimate of drug-likeness (QED) is 0.693. The van der Waals surface area contributed by atoms with Crippen LogP contribution in [-0.4, -0.2) is 19.0 Å². The number of anilines is 1. The van der Waals surface area contributed by atoms with Crippen LogP contribution in [0.4, 0.5) is 5.69 Å². The molecule has 1 N–H and O–H groups in total. The van der Waals surface area contributed by atoms with E-state index in [9.17, 15) is 10.1 Å². The lowest BCUT2D eigenvalue weighted by atomic mass is 9.95. The van der Waals surface area contributed by atoms with Crippen molar-refractivity contribution >= 4 is 11.6 Å². The van der Waals surface area contributed by atoms with E-state index >= 15 is 0 Å². The number of nitrogens with zero attached hydrogens (tertiary/aromatic N) is 2. The Morgan fingerprint density at radius 3 is 2.28 bits per heavy atom. The Bertz CT molecular complexity index is 1040. The molecule has 3 aromatic carbocycles. The smallest absolute Gasteiger partial charge is 0.252 e. The number of rotatable bonds is 5. The lowest BCUT2D eigenvalue weighted by molar-refractivity contribution is 0.0951. The highest BCUT2D eigenvalue weighted by Gasteiger charge is 2.15. The molecule has 0 bridgehead atoms. The molecule has 4 heteroatoms. The topological polar surface area (TPSA) is 56.1 Å². The predicted octanol–water partition coefficient (Wildman–Crippen LogP) is 4.76. The van der Waals surface area contributed by atoms with Crippen molar-refractivity contribution in [2.75, 3.05) is 18.0 Å². The minimum atomic E-state index is -0.142. The molecular formula is C25H23N3O. The van der Waals surface area contributed by atoms with Gasteiger partial charge in [0.25, 0.3) is 5.91 Å². The zero-order valence-electron chi connectivity index (χ0n) is 16.3. The standard InChI is InChI=1S/C25H23N3O/c26-17-20-7-1-2-8-22(20)23-9-3-4-10-24(23)25(29)27-18-19-11-13-21(14-12-19)28-15-5-6-16-28/h1-4,7-14H,5-6,15-16,18H2,(H,27,29). The average molecular weight is 381 g/mol. The fourth-order valence-electron chi connectivity index (χ4n) is 3.81. The summed E-state index contributed by atoms with van der Waals surface area (Å²) in [6.45, 7) is 2.71. The van der Waals surface area contributed by atoms with Crippen molar-refractivity contribution in [2.24, 2.45) is 0 Å². The van der Waals surface area contributed by atoms with Gasteiger partial charge in [-0.2, -0.15) is 5.26 Å². The largest absolute Gasteiger partial charge is 0.372 e. The fourth-order valence-corrected chi connectivity index (χ4v) is 3.81. The van der Waals surface area contributed by atoms with E-state index in [4.69, 9.17) is 0 Å². The van der Waals surface area contributed by atoms with Crippen molar-refractivity contribution in [3.8, 4) is 17.2 Å². The van der Waals surface area contributed by atoms with Crippen molar-refractivity contribution in [2.45, 2.75) is 19.4 Å². The van der Waals surface area contributed by atoms with Gasteiger partial charge < -0.3 is 10.2 Å². The number of hydrogen-bond acceptors (Lipinski definition) is 3. The molecule has 0 saturated carbocycles. The summed E-state index contributed by atoms with van der Waals surface area (Å²) in [5, 5.41) is 12.4. The molecule has 144 valence electrons. The Balaban J connectivity index is 1.49. The molecule has 4 nitrogen and oxygen atoms in total. The van der Waals surface area contributed by atoms with E-state index in [1.54, 1.807) is 12.1 Å². The zero-order valence-corrected chi connectivity index (χ0v) is 16.3. The van der Waals surface area contributed by atoms with Gasteiger partial charge in [0.2, 0.25) is 0 Å². The third kappa shape index (κ3) is 4.14. The van der Waals surface area contributed by atoms with E-state index in [1.165, 1.54) is 18.5 Å². The number of carbonyl (C=O) groups is 1. The van der Waals surface area contributed by atoms with Crippen LogP contribution in [0.25, 0.3) is 11.1 Å². The maximum atomic E-state index is 12.9. The monoisotopic (exact) mass is 381 g/mol. The third-order valence-electron chi connectivity index (χ3n) is 5.37. The molecule has 0 atom stereocenters. The second kappa shape index (κ2) is 8.62. The van der Waals surface area contributed by atoms with Gasteiger partial charge in [0, 0.05) is 36.4 Å². The summed E-state index contributed by atoms with van der Waals surface area (Å²) in [6.07, 6.45) is 2.51. The number of hydrogen-bond donors (Lipinski definition) is 1. The van der Waals surface area contributed by atoms with Crippen LogP contribution >= 0.6 is 0 Å². The molecule has 1 saturated heterocycles. The normalized spacial score (nSPS) is 13.1. The molecule has 3 aromatic rings. The summed E-state index contributed by atoms with van der Waals surface area (Å²) >= 11 is 0. The number of amides is 1. The molecule has 4 rings (SSSR count). The first-order valence-corrected chi connectivity index (χ1v) is 9.97. The first-order valence-electron chi connectivity index (χ1n) is 9.97. The minimum absolute atomic E-state index is 0.142. The summed E-state index contributed by atoms with van der Waals surface area (Å²) in [4.78, 5) is 15.3. The van der Waals surface area contributed by atoms with Gasteiger partial charge in [-0.25, -0.2) is 0 Å². The second-order valence-electron chi connectivity index (χ2n) is 7.25. The molecule has 1 fully saturated rings. The maximum absolute atomic E-state index is 12.9. The van der Waals surface area contributed by atoms with E-state index in [2.05, 4.69) is 40.6 Å². The number of nitrogens with one attached hydrogen (secondary N) is 1. The summed E-state index contributed by atoms with van der Waals surface area (Å²) in [6, 6.07) is 25.4. The van der Waals surface area contributed by atoms with Crippen molar-refractivity contribution in [1.29, 1.82) is 5.26 Å². The molecule has 0 radical (unpaired) electrons. The highest BCUT2D eigenvalue weighted by atomic mass is 16.1. The first kappa shape index (κ1) is 18.8. The highest BCUT2D eigenvalue weighted by Crippen LogP contribution is 2.27. The van der Waals surface area contributed by atoms with Crippen LogP contribution in [0.1, 0.15) is 34.3 Å². The van der Waals surface area contributed by atoms with E-state index in [0.717, 1.165) is 29.8 Å². The van der Waals surface area contributed by atoms with Gasteiger partial charge in [0.05, 0.1) is 11.6 Å². The van der Waals surface area contributed by atoms with Crippen molar-refractivity contribution < 1.29 is 4.79 Å². The summed E-state index contributed by atoms with van der Waals surface area (Å²) < 4.78 is 0. The van der Waals surface area contributed by atoms with Crippen LogP contribution < -0.4 is 10.2 Å². The van der Waals surface area contributed by atoms with Gasteiger partial charge in [-0.15, -0.1) is 0 Å². The van der Waals surface area contributed by atoms with Crippen molar-refractivity contribution in [1.82, 2.24) is 5.32 Å². The van der Waals surface area contributed by atoms with Crippen LogP contribution in [0.3, 0.4) is 0 Å². The van der Waals surface area contributed by atoms with Gasteiger partial charge in [-0.05, 0) is 48.2 Å². The van der Waals surface area contributed by atoms with Crippen LogP contribution in [0.2, 0.25) is 0 Å². The predicted molar refractivity (Wildman–Crippen MR) is 116 cm³/mol. The first-order chi connectivity index (χ1) is 14.3. The molecule has 0 aliphatic carbocycles. The second-order valence-corrected chi connectivity index (χ2v) is 7.25. The maximum Gasteiger partial charge on any atom is 0.252 e. The fraction of sp³-hybridized carbons (Fsp3) is 0.200. The average Bonchev–Trinajstić information content (AvgIpc) is 3.33. The van der Waals surface area contributed by atoms with E-state index in [-0.39, 0.29) is 5.91 Å². The molecule has 0 spiro atoms. The van der Waals surface area contributed by atoms with Crippen molar-refractivity contribution in [3.63, 3.8) is 0 Å². The number of benzene rings is 3. The summed E-state index contributed by atoms with van der Waals surface area (Å²) in [5.41, 5.74) is 4.99. The number of nitriles is 1. The van der Waals surface area contributed by atoms with E-state index in [1.807, 2.05) is 36.4 Å². The Morgan fingerprint density at radius 2 is 1.55 bits per heavy atom. The molecule has 1 heterocycles. The summed E-state index contributed by atoms with van der Waals surface area (Å²) in [7, 11) is 0. The summed E-state index contributed by atoms with van der Waals surface area (Å²) in [5.74, 6) is -0.142. The van der Waals surface area contributed by atoms with Gasteiger partial charge >= 0.3 is 0 Å². The van der Waals surface area contributed by atoms with Gasteiger partial charge in [0.1, 0.15) is 0 Å². The SMILES string of the molecule is N#Cc1ccccc1-c1ccccc1C(=O)NCc1ccc(N2CCCC2)cc1. The molecule has 1 amide bonds. The molecule has 0 aromatic heterocycles.